The summed E-state index contributed by atoms with van der Waals surface area (Å²) in [6.45, 7) is 2.19. The molecular formula is C23H23N3O4. The average Bonchev–Trinajstić information content (AvgIpc) is 2.73. The topological polar surface area (TPSA) is 93.3 Å². The van der Waals surface area contributed by atoms with Gasteiger partial charge in [-0.05, 0) is 30.2 Å². The van der Waals surface area contributed by atoms with Gasteiger partial charge >= 0.3 is 0 Å². The number of fused-ring (bicyclic) bond motifs is 1. The smallest absolute Gasteiger partial charge is 0.256 e. The van der Waals surface area contributed by atoms with Crippen LogP contribution in [0.2, 0.25) is 0 Å². The molecule has 0 radical (unpaired) electrons. The number of rotatable bonds is 6. The second kappa shape index (κ2) is 8.41. The first-order valence-corrected chi connectivity index (χ1v) is 9.80. The van der Waals surface area contributed by atoms with Gasteiger partial charge in [-0.25, -0.2) is 4.98 Å². The lowest BCUT2D eigenvalue weighted by Gasteiger charge is -2.25. The van der Waals surface area contributed by atoms with Crippen LogP contribution in [0.4, 0.5) is 5.82 Å². The third-order valence-electron chi connectivity index (χ3n) is 5.15. The highest BCUT2D eigenvalue weighted by molar-refractivity contribution is 5.94. The normalized spacial score (nSPS) is 15.3. The van der Waals surface area contributed by atoms with Gasteiger partial charge < -0.3 is 19.8 Å². The van der Waals surface area contributed by atoms with Gasteiger partial charge in [-0.15, -0.1) is 0 Å². The number of ether oxygens (including phenoxy) is 2. The third-order valence-corrected chi connectivity index (χ3v) is 5.15. The molecule has 1 unspecified atom stereocenters. The maximum atomic E-state index is 12.6. The van der Waals surface area contributed by atoms with Crippen molar-refractivity contribution in [2.45, 2.75) is 25.7 Å². The van der Waals surface area contributed by atoms with Crippen LogP contribution in [-0.2, 0) is 11.2 Å². The van der Waals surface area contributed by atoms with Gasteiger partial charge in [0.25, 0.3) is 5.56 Å². The predicted octanol–water partition coefficient (Wildman–Crippen LogP) is 3.18. The minimum atomic E-state index is -0.405. The molecule has 1 atom stereocenters. The molecule has 30 heavy (non-hydrogen) atoms. The molecule has 2 aromatic carbocycles. The fraction of sp³-hybridized carbons (Fsp3) is 0.261. The van der Waals surface area contributed by atoms with E-state index in [4.69, 9.17) is 9.47 Å². The number of anilines is 1. The van der Waals surface area contributed by atoms with E-state index in [1.54, 1.807) is 14.0 Å². The molecule has 1 aliphatic heterocycles. The Morgan fingerprint density at radius 1 is 1.10 bits per heavy atom. The molecule has 0 aliphatic carbocycles. The van der Waals surface area contributed by atoms with Gasteiger partial charge in [0, 0.05) is 18.8 Å². The maximum absolute atomic E-state index is 12.6. The fourth-order valence-electron chi connectivity index (χ4n) is 3.71. The monoisotopic (exact) mass is 405 g/mol. The van der Waals surface area contributed by atoms with Gasteiger partial charge in [0.15, 0.2) is 11.5 Å². The average molecular weight is 405 g/mol. The van der Waals surface area contributed by atoms with Crippen molar-refractivity contribution in [2.75, 3.05) is 19.0 Å². The maximum Gasteiger partial charge on any atom is 0.256 e. The summed E-state index contributed by atoms with van der Waals surface area (Å²) in [5.74, 6) is 1.38. The zero-order valence-electron chi connectivity index (χ0n) is 16.9. The highest BCUT2D eigenvalue weighted by Gasteiger charge is 2.31. The highest BCUT2D eigenvalue weighted by atomic mass is 16.5. The number of carbonyl (C=O) groups is 1. The molecule has 1 aliphatic rings. The molecule has 0 saturated carbocycles. The van der Waals surface area contributed by atoms with E-state index >= 15 is 0 Å². The highest BCUT2D eigenvalue weighted by Crippen LogP contribution is 2.38. The summed E-state index contributed by atoms with van der Waals surface area (Å²) in [5, 5.41) is 2.70. The molecule has 7 nitrogen and oxygen atoms in total. The number of carbonyl (C=O) groups excluding carboxylic acids is 1. The first-order chi connectivity index (χ1) is 14.5. The number of aryl methyl sites for hydroxylation is 1. The molecule has 0 spiro atoms. The Balaban J connectivity index is 1.59. The minimum Gasteiger partial charge on any atom is -0.493 e. The van der Waals surface area contributed by atoms with Crippen molar-refractivity contribution in [3.05, 3.63) is 81.4 Å². The molecule has 0 bridgehead atoms. The number of benzene rings is 2. The number of methoxy groups -OCH3 is 1. The first kappa shape index (κ1) is 19.7. The van der Waals surface area contributed by atoms with Crippen molar-refractivity contribution in [3.8, 4) is 11.5 Å². The molecule has 7 heteroatoms. The summed E-state index contributed by atoms with van der Waals surface area (Å²) in [7, 11) is 1.57. The van der Waals surface area contributed by atoms with Gasteiger partial charge in [0.2, 0.25) is 5.91 Å². The zero-order valence-corrected chi connectivity index (χ0v) is 16.9. The van der Waals surface area contributed by atoms with Crippen LogP contribution >= 0.6 is 0 Å². The Morgan fingerprint density at radius 2 is 1.90 bits per heavy atom. The Labute approximate surface area is 174 Å². The number of H-pyrrole nitrogens is 1. The van der Waals surface area contributed by atoms with E-state index in [1.165, 1.54) is 5.56 Å². The van der Waals surface area contributed by atoms with Crippen LogP contribution in [0.15, 0.2) is 53.3 Å². The van der Waals surface area contributed by atoms with Gasteiger partial charge in [-0.3, -0.25) is 9.59 Å². The lowest BCUT2D eigenvalue weighted by molar-refractivity contribution is -0.116. The fourth-order valence-corrected chi connectivity index (χ4v) is 3.71. The van der Waals surface area contributed by atoms with Crippen molar-refractivity contribution in [1.29, 1.82) is 0 Å². The summed E-state index contributed by atoms with van der Waals surface area (Å²) in [6, 6.07) is 15.6. The number of aromatic nitrogens is 2. The van der Waals surface area contributed by atoms with Gasteiger partial charge in [-0.2, -0.15) is 0 Å². The van der Waals surface area contributed by atoms with Gasteiger partial charge in [0.1, 0.15) is 11.6 Å². The van der Waals surface area contributed by atoms with E-state index in [-0.39, 0.29) is 17.9 Å². The Kier molecular flexibility index (Phi) is 5.52. The molecular weight excluding hydrogens is 382 g/mol. The number of nitrogens with zero attached hydrogens (tertiary/aromatic N) is 1. The molecule has 1 amide bonds. The van der Waals surface area contributed by atoms with E-state index in [0.717, 1.165) is 12.0 Å². The number of amides is 1. The second-order valence-electron chi connectivity index (χ2n) is 7.21. The van der Waals surface area contributed by atoms with Crippen LogP contribution in [0.5, 0.6) is 11.5 Å². The van der Waals surface area contributed by atoms with Crippen LogP contribution in [0, 0.1) is 6.92 Å². The van der Waals surface area contributed by atoms with E-state index in [1.807, 2.05) is 36.4 Å². The van der Waals surface area contributed by atoms with Gasteiger partial charge in [0.05, 0.1) is 19.3 Å². The Bertz CT molecular complexity index is 1130. The Hall–Kier alpha value is -3.61. The summed E-state index contributed by atoms with van der Waals surface area (Å²) in [6.07, 6.45) is 0.945. The summed E-state index contributed by atoms with van der Waals surface area (Å²) in [5.41, 5.74) is 2.21. The quantitative estimate of drug-likeness (QED) is 0.657. The number of nitrogens with one attached hydrogen (secondary N) is 2. The van der Waals surface area contributed by atoms with Crippen LogP contribution < -0.4 is 20.3 Å². The first-order valence-electron chi connectivity index (χ1n) is 9.80. The third kappa shape index (κ3) is 4.05. The minimum absolute atomic E-state index is 0.165. The standard InChI is InChI=1S/C23H23N3O4/c1-14-24-22-21(23(28)25-14)17(13-20(27)26-22)16-8-9-18(19(12-16)29-2)30-11-10-15-6-4-3-5-7-15/h3-9,12,17H,10-11,13H2,1-2H3,(H2,24,25,26,27,28). The van der Waals surface area contributed by atoms with Crippen molar-refractivity contribution < 1.29 is 14.3 Å². The van der Waals surface area contributed by atoms with Crippen molar-refractivity contribution in [1.82, 2.24) is 9.97 Å². The summed E-state index contributed by atoms with van der Waals surface area (Å²) in [4.78, 5) is 31.8. The molecule has 0 fully saturated rings. The van der Waals surface area contributed by atoms with E-state index in [9.17, 15) is 9.59 Å². The molecule has 2 heterocycles. The lowest BCUT2D eigenvalue weighted by atomic mass is 9.86. The molecule has 1 aromatic heterocycles. The lowest BCUT2D eigenvalue weighted by Crippen LogP contribution is -2.31. The van der Waals surface area contributed by atoms with Crippen molar-refractivity contribution in [3.63, 3.8) is 0 Å². The largest absolute Gasteiger partial charge is 0.493 e. The molecule has 2 N–H and O–H groups in total. The van der Waals surface area contributed by atoms with E-state index < -0.39 is 5.92 Å². The predicted molar refractivity (Wildman–Crippen MR) is 113 cm³/mol. The summed E-state index contributed by atoms with van der Waals surface area (Å²) < 4.78 is 11.4. The molecule has 0 saturated heterocycles. The van der Waals surface area contributed by atoms with Crippen LogP contribution in [-0.4, -0.2) is 29.6 Å². The van der Waals surface area contributed by atoms with E-state index in [2.05, 4.69) is 27.4 Å². The molecule has 4 rings (SSSR count). The van der Waals surface area contributed by atoms with E-state index in [0.29, 0.717) is 35.3 Å². The van der Waals surface area contributed by atoms with Crippen molar-refractivity contribution >= 4 is 11.7 Å². The second-order valence-corrected chi connectivity index (χ2v) is 7.21. The summed E-state index contributed by atoms with van der Waals surface area (Å²) >= 11 is 0. The number of hydrogen-bond acceptors (Lipinski definition) is 5. The van der Waals surface area contributed by atoms with Gasteiger partial charge in [-0.1, -0.05) is 36.4 Å². The number of hydrogen-bond donors (Lipinski definition) is 2. The van der Waals surface area contributed by atoms with Crippen LogP contribution in [0.25, 0.3) is 0 Å². The van der Waals surface area contributed by atoms with Crippen molar-refractivity contribution in [2.24, 2.45) is 0 Å². The molecule has 3 aromatic rings. The SMILES string of the molecule is COc1cc(C2CC(=O)Nc3nc(C)[nH]c(=O)c32)ccc1OCCc1ccccc1. The number of aromatic amines is 1. The van der Waals surface area contributed by atoms with Crippen LogP contribution in [0.3, 0.4) is 0 Å². The molecule has 154 valence electrons. The Morgan fingerprint density at radius 3 is 2.67 bits per heavy atom. The van der Waals surface area contributed by atoms with Crippen LogP contribution in [0.1, 0.15) is 34.9 Å². The zero-order chi connectivity index (χ0) is 21.1.